The highest BCUT2D eigenvalue weighted by atomic mass is 19.1. The summed E-state index contributed by atoms with van der Waals surface area (Å²) in [6, 6.07) is 8.82. The topological polar surface area (TPSA) is 80.3 Å². The second-order valence-electron chi connectivity index (χ2n) is 7.85. The second kappa shape index (κ2) is 7.24. The molecule has 0 spiro atoms. The third kappa shape index (κ3) is 2.94. The van der Waals surface area contributed by atoms with E-state index in [1.165, 1.54) is 24.3 Å². The van der Waals surface area contributed by atoms with Crippen LogP contribution in [0.25, 0.3) is 22.4 Å². The molecule has 6 nitrogen and oxygen atoms in total. The SMILES string of the molecule is CC1(n2c3c(cc(-c4cccc(F)c4C#N)c2=O)-c2ncc(F)cc2OC3)C=NC=CC1. The van der Waals surface area contributed by atoms with Gasteiger partial charge in [-0.3, -0.25) is 14.4 Å². The van der Waals surface area contributed by atoms with Crippen LogP contribution in [0.3, 0.4) is 0 Å². The average Bonchev–Trinajstić information content (AvgIpc) is 2.78. The molecule has 1 unspecified atom stereocenters. The molecule has 0 radical (unpaired) electrons. The van der Waals surface area contributed by atoms with E-state index < -0.39 is 22.7 Å². The normalized spacial score (nSPS) is 18.4. The number of nitrogens with zero attached hydrogens (tertiary/aromatic N) is 4. The fourth-order valence-electron chi connectivity index (χ4n) is 4.23. The van der Waals surface area contributed by atoms with Crippen molar-refractivity contribution in [3.63, 3.8) is 0 Å². The summed E-state index contributed by atoms with van der Waals surface area (Å²) in [7, 11) is 0. The Balaban J connectivity index is 1.89. The van der Waals surface area contributed by atoms with E-state index >= 15 is 0 Å². The van der Waals surface area contributed by atoms with E-state index in [0.29, 0.717) is 23.4 Å². The number of allylic oxidation sites excluding steroid dienone is 1. The summed E-state index contributed by atoms with van der Waals surface area (Å²) in [5.74, 6) is -1.02. The van der Waals surface area contributed by atoms with Gasteiger partial charge in [0.05, 0.1) is 23.0 Å². The van der Waals surface area contributed by atoms with Gasteiger partial charge in [-0.1, -0.05) is 18.2 Å². The third-order valence-corrected chi connectivity index (χ3v) is 5.74. The quantitative estimate of drug-likeness (QED) is 0.606. The van der Waals surface area contributed by atoms with Crippen LogP contribution in [-0.4, -0.2) is 15.8 Å². The molecule has 3 aromatic rings. The zero-order chi connectivity index (χ0) is 22.5. The van der Waals surface area contributed by atoms with Gasteiger partial charge in [0, 0.05) is 35.2 Å². The minimum Gasteiger partial charge on any atom is -0.485 e. The lowest BCUT2D eigenvalue weighted by atomic mass is 9.91. The molecule has 32 heavy (non-hydrogen) atoms. The zero-order valence-corrected chi connectivity index (χ0v) is 17.0. The van der Waals surface area contributed by atoms with Crippen molar-refractivity contribution in [1.29, 1.82) is 5.26 Å². The molecular weight excluding hydrogens is 414 g/mol. The van der Waals surface area contributed by atoms with Crippen LogP contribution in [-0.2, 0) is 12.1 Å². The molecule has 0 saturated heterocycles. The Morgan fingerprint density at radius 3 is 2.81 bits per heavy atom. The van der Waals surface area contributed by atoms with Gasteiger partial charge in [0.1, 0.15) is 35.8 Å². The highest BCUT2D eigenvalue weighted by Gasteiger charge is 2.34. The number of aliphatic imine (C=N–C) groups is 1. The molecule has 5 rings (SSSR count). The largest absolute Gasteiger partial charge is 0.485 e. The van der Waals surface area contributed by atoms with Gasteiger partial charge < -0.3 is 4.74 Å². The van der Waals surface area contributed by atoms with Crippen LogP contribution in [0.5, 0.6) is 5.75 Å². The van der Waals surface area contributed by atoms with Gasteiger partial charge in [-0.15, -0.1) is 0 Å². The van der Waals surface area contributed by atoms with Crippen LogP contribution in [0.1, 0.15) is 24.6 Å². The summed E-state index contributed by atoms with van der Waals surface area (Å²) in [6.45, 7) is 1.88. The molecule has 0 fully saturated rings. The van der Waals surface area contributed by atoms with Crippen molar-refractivity contribution in [2.45, 2.75) is 25.5 Å². The summed E-state index contributed by atoms with van der Waals surface area (Å²) >= 11 is 0. The first-order valence-electron chi connectivity index (χ1n) is 9.89. The maximum Gasteiger partial charge on any atom is 0.259 e. The summed E-state index contributed by atoms with van der Waals surface area (Å²) in [4.78, 5) is 22.2. The highest BCUT2D eigenvalue weighted by Crippen LogP contribution is 2.39. The fourth-order valence-corrected chi connectivity index (χ4v) is 4.23. The van der Waals surface area contributed by atoms with E-state index in [0.717, 1.165) is 6.20 Å². The van der Waals surface area contributed by atoms with Crippen LogP contribution in [0, 0.1) is 23.0 Å². The van der Waals surface area contributed by atoms with Gasteiger partial charge >= 0.3 is 0 Å². The van der Waals surface area contributed by atoms with Crippen LogP contribution >= 0.6 is 0 Å². The molecule has 8 heteroatoms. The molecule has 2 aliphatic rings. The first kappa shape index (κ1) is 19.8. The number of rotatable bonds is 2. The van der Waals surface area contributed by atoms with Crippen molar-refractivity contribution >= 4 is 6.21 Å². The summed E-state index contributed by atoms with van der Waals surface area (Å²) in [6.07, 6.45) is 6.73. The number of hydrogen-bond acceptors (Lipinski definition) is 5. The Hall–Kier alpha value is -4.12. The molecule has 0 bridgehead atoms. The molecule has 0 saturated carbocycles. The number of aromatic nitrogens is 2. The first-order chi connectivity index (χ1) is 15.4. The molecule has 0 aliphatic carbocycles. The molecule has 158 valence electrons. The van der Waals surface area contributed by atoms with E-state index in [4.69, 9.17) is 4.74 Å². The van der Waals surface area contributed by atoms with E-state index in [1.807, 2.05) is 19.1 Å². The number of pyridine rings is 2. The van der Waals surface area contributed by atoms with Gasteiger partial charge in [-0.05, 0) is 25.5 Å². The maximum absolute atomic E-state index is 14.4. The lowest BCUT2D eigenvalue weighted by Crippen LogP contribution is -2.44. The van der Waals surface area contributed by atoms with Gasteiger partial charge in [0.25, 0.3) is 5.56 Å². The summed E-state index contributed by atoms with van der Waals surface area (Å²) in [5, 5.41) is 9.54. The Bertz CT molecular complexity index is 1440. The third-order valence-electron chi connectivity index (χ3n) is 5.74. The smallest absolute Gasteiger partial charge is 0.259 e. The zero-order valence-electron chi connectivity index (χ0n) is 17.0. The lowest BCUT2D eigenvalue weighted by molar-refractivity contribution is 0.273. The minimum atomic E-state index is -0.826. The number of ether oxygens (including phenoxy) is 1. The highest BCUT2D eigenvalue weighted by molar-refractivity contribution is 5.80. The standard InChI is InChI=1S/C24H16F2N4O2/c1-24(6-3-7-28-13-24)30-20-12-32-21-8-14(25)11-29-22(21)17(20)9-16(23(30)31)15-4-2-5-19(26)18(15)10-27/h2-5,7-9,11,13H,6,12H2,1H3. The molecule has 2 aliphatic heterocycles. The maximum atomic E-state index is 14.4. The fraction of sp³-hybridized carbons (Fsp3) is 0.167. The summed E-state index contributed by atoms with van der Waals surface area (Å²) in [5.41, 5.74) is 0.320. The monoisotopic (exact) mass is 430 g/mol. The van der Waals surface area contributed by atoms with Crippen molar-refractivity contribution in [3.05, 3.63) is 82.1 Å². The van der Waals surface area contributed by atoms with Crippen molar-refractivity contribution in [1.82, 2.24) is 9.55 Å². The molecule has 0 amide bonds. The van der Waals surface area contributed by atoms with E-state index in [1.54, 1.807) is 23.0 Å². The lowest BCUT2D eigenvalue weighted by Gasteiger charge is -2.34. The van der Waals surface area contributed by atoms with Crippen LogP contribution in [0.4, 0.5) is 8.78 Å². The van der Waals surface area contributed by atoms with Crippen molar-refractivity contribution in [2.75, 3.05) is 0 Å². The van der Waals surface area contributed by atoms with Crippen molar-refractivity contribution in [3.8, 4) is 34.2 Å². The molecule has 1 atom stereocenters. The minimum absolute atomic E-state index is 0.0182. The number of halogens is 2. The van der Waals surface area contributed by atoms with Gasteiger partial charge in [-0.25, -0.2) is 13.8 Å². The molecule has 4 heterocycles. The van der Waals surface area contributed by atoms with E-state index in [2.05, 4.69) is 9.98 Å². The Morgan fingerprint density at radius 2 is 2.06 bits per heavy atom. The first-order valence-corrected chi connectivity index (χ1v) is 9.89. The second-order valence-corrected chi connectivity index (χ2v) is 7.85. The predicted octanol–water partition coefficient (Wildman–Crippen LogP) is 4.32. The number of benzene rings is 1. The van der Waals surface area contributed by atoms with Gasteiger partial charge in [0.2, 0.25) is 0 Å². The van der Waals surface area contributed by atoms with Crippen LogP contribution in [0.15, 0.2) is 58.6 Å². The number of hydrogen-bond donors (Lipinski definition) is 0. The van der Waals surface area contributed by atoms with Gasteiger partial charge in [-0.2, -0.15) is 5.26 Å². The Kier molecular flexibility index (Phi) is 4.48. The Labute approximate surface area is 181 Å². The van der Waals surface area contributed by atoms with Gasteiger partial charge in [0.15, 0.2) is 0 Å². The van der Waals surface area contributed by atoms with Crippen molar-refractivity contribution < 1.29 is 13.5 Å². The van der Waals surface area contributed by atoms with E-state index in [9.17, 15) is 18.8 Å². The average molecular weight is 430 g/mol. The number of fused-ring (bicyclic) bond motifs is 3. The number of nitriles is 1. The Morgan fingerprint density at radius 1 is 1.22 bits per heavy atom. The van der Waals surface area contributed by atoms with Crippen LogP contribution < -0.4 is 10.3 Å². The molecular formula is C24H16F2N4O2. The van der Waals surface area contributed by atoms with Crippen LogP contribution in [0.2, 0.25) is 0 Å². The van der Waals surface area contributed by atoms with E-state index in [-0.39, 0.29) is 29.0 Å². The molecule has 0 N–H and O–H groups in total. The van der Waals surface area contributed by atoms with Crippen molar-refractivity contribution in [2.24, 2.45) is 4.99 Å². The molecule has 2 aromatic heterocycles. The molecule has 1 aromatic carbocycles. The summed E-state index contributed by atoms with van der Waals surface area (Å²) < 4.78 is 35.4. The predicted molar refractivity (Wildman–Crippen MR) is 114 cm³/mol.